The number of aromatic amines is 1. The third-order valence-corrected chi connectivity index (χ3v) is 4.70. The summed E-state index contributed by atoms with van der Waals surface area (Å²) in [4.78, 5) is 13.9. The van der Waals surface area contributed by atoms with E-state index in [1.807, 2.05) is 42.7 Å². The Hall–Kier alpha value is -2.31. The van der Waals surface area contributed by atoms with Crippen molar-refractivity contribution in [1.29, 1.82) is 0 Å². The number of hydrogen-bond acceptors (Lipinski definition) is 4. The molecule has 1 aromatic heterocycles. The number of hydrogen-bond donors (Lipinski definition) is 3. The molecule has 0 saturated carbocycles. The molecule has 5 nitrogen and oxygen atoms in total. The van der Waals surface area contributed by atoms with Gasteiger partial charge in [-0.3, -0.25) is 9.89 Å². The third kappa shape index (κ3) is 3.60. The maximum Gasteiger partial charge on any atom is 0.231 e. The van der Waals surface area contributed by atoms with E-state index < -0.39 is 0 Å². The Morgan fingerprint density at radius 1 is 1.33 bits per heavy atom. The van der Waals surface area contributed by atoms with E-state index >= 15 is 0 Å². The first-order valence-corrected chi connectivity index (χ1v) is 9.01. The number of benzene rings is 2. The highest BCUT2D eigenvalue weighted by atomic mass is 32.2. The molecule has 24 heavy (non-hydrogen) atoms. The highest BCUT2D eigenvalue weighted by molar-refractivity contribution is 7.98. The van der Waals surface area contributed by atoms with Crippen LogP contribution >= 0.6 is 11.8 Å². The predicted octanol–water partition coefficient (Wildman–Crippen LogP) is 3.36. The van der Waals surface area contributed by atoms with Crippen molar-refractivity contribution in [3.63, 3.8) is 0 Å². The highest BCUT2D eigenvalue weighted by Crippen LogP contribution is 2.26. The molecule has 0 fully saturated rings. The van der Waals surface area contributed by atoms with Crippen molar-refractivity contribution in [3.8, 4) is 0 Å². The standard InChI is InChI=1S/C18H20N4OS/c1-24-15-4-2-3-12(10-15)16(7-8-19)18(23)21-14-5-6-17-13(9-14)11-20-22-17/h2-6,9-11,16H,7-8,19H2,1H3,(H,20,22)(H,21,23). The van der Waals surface area contributed by atoms with Crippen LogP contribution in [0.4, 0.5) is 5.69 Å². The van der Waals surface area contributed by atoms with E-state index in [9.17, 15) is 4.79 Å². The molecule has 1 atom stereocenters. The van der Waals surface area contributed by atoms with Gasteiger partial charge in [-0.25, -0.2) is 0 Å². The quantitative estimate of drug-likeness (QED) is 0.601. The predicted molar refractivity (Wildman–Crippen MR) is 99.4 cm³/mol. The van der Waals surface area contributed by atoms with Crippen LogP contribution in [0.1, 0.15) is 17.9 Å². The van der Waals surface area contributed by atoms with Crippen LogP contribution in [-0.2, 0) is 4.79 Å². The zero-order valence-corrected chi connectivity index (χ0v) is 14.3. The number of anilines is 1. The number of nitrogens with two attached hydrogens (primary N) is 1. The number of aromatic nitrogens is 2. The molecule has 0 aliphatic carbocycles. The molecular formula is C18H20N4OS. The van der Waals surface area contributed by atoms with Gasteiger partial charge in [0.25, 0.3) is 0 Å². The number of amides is 1. The lowest BCUT2D eigenvalue weighted by molar-refractivity contribution is -0.117. The Labute approximate surface area is 145 Å². The number of fused-ring (bicyclic) bond motifs is 1. The molecule has 0 saturated heterocycles. The molecule has 1 heterocycles. The first-order chi connectivity index (χ1) is 11.7. The van der Waals surface area contributed by atoms with Crippen molar-refractivity contribution >= 4 is 34.3 Å². The number of nitrogens with one attached hydrogen (secondary N) is 2. The van der Waals surface area contributed by atoms with Gasteiger partial charge in [-0.05, 0) is 55.1 Å². The second-order valence-corrected chi connectivity index (χ2v) is 6.45. The van der Waals surface area contributed by atoms with E-state index in [1.165, 1.54) is 0 Å². The van der Waals surface area contributed by atoms with Crippen LogP contribution in [0.3, 0.4) is 0 Å². The largest absolute Gasteiger partial charge is 0.330 e. The molecule has 0 radical (unpaired) electrons. The average molecular weight is 340 g/mol. The van der Waals surface area contributed by atoms with E-state index in [0.717, 1.165) is 27.0 Å². The molecule has 0 spiro atoms. The fourth-order valence-electron chi connectivity index (χ4n) is 2.72. The van der Waals surface area contributed by atoms with Gasteiger partial charge in [0.15, 0.2) is 0 Å². The maximum atomic E-state index is 12.8. The maximum absolute atomic E-state index is 12.8. The Morgan fingerprint density at radius 3 is 3.00 bits per heavy atom. The monoisotopic (exact) mass is 340 g/mol. The number of thioether (sulfide) groups is 1. The summed E-state index contributed by atoms with van der Waals surface area (Å²) in [7, 11) is 0. The van der Waals surface area contributed by atoms with Crippen molar-refractivity contribution in [3.05, 3.63) is 54.2 Å². The Morgan fingerprint density at radius 2 is 2.21 bits per heavy atom. The number of rotatable bonds is 6. The molecule has 124 valence electrons. The van der Waals surface area contributed by atoms with Gasteiger partial charge in [-0.15, -0.1) is 11.8 Å². The van der Waals surface area contributed by atoms with Crippen LogP contribution < -0.4 is 11.1 Å². The fraction of sp³-hybridized carbons (Fsp3) is 0.222. The Bertz CT molecular complexity index is 846. The summed E-state index contributed by atoms with van der Waals surface area (Å²) < 4.78 is 0. The minimum absolute atomic E-state index is 0.0402. The van der Waals surface area contributed by atoms with Gasteiger partial charge in [0.2, 0.25) is 5.91 Å². The minimum Gasteiger partial charge on any atom is -0.330 e. The lowest BCUT2D eigenvalue weighted by Gasteiger charge is -2.17. The van der Waals surface area contributed by atoms with Crippen LogP contribution in [-0.4, -0.2) is 28.9 Å². The normalized spacial score (nSPS) is 12.2. The second-order valence-electron chi connectivity index (χ2n) is 5.57. The zero-order valence-electron chi connectivity index (χ0n) is 13.5. The average Bonchev–Trinajstić information content (AvgIpc) is 3.07. The second kappa shape index (κ2) is 7.51. The molecule has 6 heteroatoms. The lowest BCUT2D eigenvalue weighted by atomic mass is 9.94. The summed E-state index contributed by atoms with van der Waals surface area (Å²) in [5.74, 6) is -0.302. The molecule has 2 aromatic carbocycles. The summed E-state index contributed by atoms with van der Waals surface area (Å²) in [6, 6.07) is 13.8. The first-order valence-electron chi connectivity index (χ1n) is 7.79. The topological polar surface area (TPSA) is 83.8 Å². The number of nitrogens with zero attached hydrogens (tertiary/aromatic N) is 1. The summed E-state index contributed by atoms with van der Waals surface area (Å²) in [6.45, 7) is 0.461. The smallest absolute Gasteiger partial charge is 0.231 e. The van der Waals surface area contributed by atoms with Gasteiger partial charge in [-0.2, -0.15) is 5.10 Å². The summed E-state index contributed by atoms with van der Waals surface area (Å²) in [5, 5.41) is 10.9. The van der Waals surface area contributed by atoms with Gasteiger partial charge in [0.05, 0.1) is 17.6 Å². The van der Waals surface area contributed by atoms with E-state index in [0.29, 0.717) is 13.0 Å². The SMILES string of the molecule is CSc1cccc(C(CCN)C(=O)Nc2ccc3[nH]ncc3c2)c1. The molecule has 0 aliphatic rings. The minimum atomic E-state index is -0.262. The van der Waals surface area contributed by atoms with Crippen LogP contribution in [0.15, 0.2) is 53.6 Å². The van der Waals surface area contributed by atoms with Gasteiger partial charge in [-0.1, -0.05) is 12.1 Å². The van der Waals surface area contributed by atoms with Gasteiger partial charge < -0.3 is 11.1 Å². The highest BCUT2D eigenvalue weighted by Gasteiger charge is 2.20. The van der Waals surface area contributed by atoms with E-state index in [4.69, 9.17) is 5.73 Å². The molecule has 0 aliphatic heterocycles. The van der Waals surface area contributed by atoms with Gasteiger partial charge >= 0.3 is 0 Å². The van der Waals surface area contributed by atoms with Gasteiger partial charge in [0.1, 0.15) is 0 Å². The van der Waals surface area contributed by atoms with Crippen molar-refractivity contribution in [2.45, 2.75) is 17.2 Å². The molecule has 1 unspecified atom stereocenters. The van der Waals surface area contributed by atoms with Crippen molar-refractivity contribution in [2.75, 3.05) is 18.1 Å². The summed E-state index contributed by atoms with van der Waals surface area (Å²) >= 11 is 1.66. The summed E-state index contributed by atoms with van der Waals surface area (Å²) in [5.41, 5.74) is 8.43. The van der Waals surface area contributed by atoms with Crippen molar-refractivity contribution in [1.82, 2.24) is 10.2 Å². The lowest BCUT2D eigenvalue weighted by Crippen LogP contribution is -2.23. The molecule has 1 amide bonds. The fourth-order valence-corrected chi connectivity index (χ4v) is 3.19. The van der Waals surface area contributed by atoms with Crippen molar-refractivity contribution < 1.29 is 4.79 Å². The number of H-pyrrole nitrogens is 1. The molecule has 4 N–H and O–H groups in total. The third-order valence-electron chi connectivity index (χ3n) is 3.98. The van der Waals surface area contributed by atoms with Gasteiger partial charge in [0, 0.05) is 16.0 Å². The molecule has 0 bridgehead atoms. The van der Waals surface area contributed by atoms with Crippen LogP contribution in [0.25, 0.3) is 10.9 Å². The van der Waals surface area contributed by atoms with Crippen molar-refractivity contribution in [2.24, 2.45) is 5.73 Å². The Balaban J connectivity index is 1.83. The van der Waals surface area contributed by atoms with E-state index in [1.54, 1.807) is 18.0 Å². The number of carbonyl (C=O) groups excluding carboxylic acids is 1. The van der Waals surface area contributed by atoms with Crippen LogP contribution in [0, 0.1) is 0 Å². The van der Waals surface area contributed by atoms with Crippen LogP contribution in [0.2, 0.25) is 0 Å². The zero-order chi connectivity index (χ0) is 16.9. The Kier molecular flexibility index (Phi) is 5.17. The first kappa shape index (κ1) is 16.5. The molecular weight excluding hydrogens is 320 g/mol. The summed E-state index contributed by atoms with van der Waals surface area (Å²) in [6.07, 6.45) is 4.37. The van der Waals surface area contributed by atoms with Crippen LogP contribution in [0.5, 0.6) is 0 Å². The molecule has 3 aromatic rings. The number of carbonyl (C=O) groups is 1. The van der Waals surface area contributed by atoms with E-state index in [2.05, 4.69) is 21.6 Å². The molecule has 3 rings (SSSR count). The van der Waals surface area contributed by atoms with E-state index in [-0.39, 0.29) is 11.8 Å².